The highest BCUT2D eigenvalue weighted by Gasteiger charge is 2.35. The molecular weight excluding hydrogens is 146 g/mol. The summed E-state index contributed by atoms with van der Waals surface area (Å²) in [7, 11) is 0. The first-order valence-corrected chi connectivity index (χ1v) is 5.62. The van der Waals surface area contributed by atoms with Gasteiger partial charge in [0.2, 0.25) is 0 Å². The Morgan fingerprint density at radius 2 is 1.50 bits per heavy atom. The molecule has 2 saturated carbocycles. The topological polar surface area (TPSA) is 26.0 Å². The average molecular weight is 167 g/mol. The minimum absolute atomic E-state index is 0.914. The molecular formula is C11H21N. The molecule has 12 heavy (non-hydrogen) atoms. The van der Waals surface area contributed by atoms with Crippen LogP contribution in [0.15, 0.2) is 0 Å². The molecule has 0 saturated heterocycles. The quantitative estimate of drug-likeness (QED) is 0.684. The second-order valence-corrected chi connectivity index (χ2v) is 4.62. The van der Waals surface area contributed by atoms with E-state index in [-0.39, 0.29) is 0 Å². The van der Waals surface area contributed by atoms with Crippen molar-refractivity contribution < 1.29 is 0 Å². The van der Waals surface area contributed by atoms with E-state index in [0.717, 1.165) is 24.3 Å². The fourth-order valence-corrected chi connectivity index (χ4v) is 2.78. The Hall–Kier alpha value is -0.0400. The fourth-order valence-electron chi connectivity index (χ4n) is 2.78. The second-order valence-electron chi connectivity index (χ2n) is 4.62. The summed E-state index contributed by atoms with van der Waals surface area (Å²) in [5.74, 6) is 3.15. The highest BCUT2D eigenvalue weighted by Crippen LogP contribution is 2.45. The molecule has 0 bridgehead atoms. The average Bonchev–Trinajstić information content (AvgIpc) is 1.79. The lowest BCUT2D eigenvalue weighted by molar-refractivity contribution is 0.0876. The smallest absolute Gasteiger partial charge is 0.00744 e. The predicted molar refractivity (Wildman–Crippen MR) is 51.8 cm³/mol. The van der Waals surface area contributed by atoms with E-state index in [4.69, 9.17) is 5.73 Å². The van der Waals surface area contributed by atoms with Gasteiger partial charge in [0.15, 0.2) is 0 Å². The third kappa shape index (κ3) is 1.52. The van der Waals surface area contributed by atoms with E-state index in [0.29, 0.717) is 0 Å². The van der Waals surface area contributed by atoms with Crippen molar-refractivity contribution in [2.75, 3.05) is 6.54 Å². The van der Waals surface area contributed by atoms with Crippen LogP contribution in [-0.4, -0.2) is 6.54 Å². The van der Waals surface area contributed by atoms with Crippen molar-refractivity contribution in [3.05, 3.63) is 0 Å². The molecule has 2 fully saturated rings. The molecule has 0 spiro atoms. The molecule has 0 aliphatic heterocycles. The maximum Gasteiger partial charge on any atom is -0.00744 e. The lowest BCUT2D eigenvalue weighted by Gasteiger charge is -2.42. The molecule has 70 valence electrons. The van der Waals surface area contributed by atoms with Crippen LogP contribution in [-0.2, 0) is 0 Å². The number of rotatable bonds is 4. The summed E-state index contributed by atoms with van der Waals surface area (Å²) in [5.41, 5.74) is 5.66. The minimum atomic E-state index is 0.914. The van der Waals surface area contributed by atoms with Crippen LogP contribution >= 0.6 is 0 Å². The van der Waals surface area contributed by atoms with Crippen molar-refractivity contribution in [1.82, 2.24) is 0 Å². The summed E-state index contributed by atoms with van der Waals surface area (Å²) in [4.78, 5) is 0. The molecule has 2 rings (SSSR count). The molecule has 2 N–H and O–H groups in total. The van der Waals surface area contributed by atoms with Gasteiger partial charge in [0.1, 0.15) is 0 Å². The molecule has 0 radical (unpaired) electrons. The Morgan fingerprint density at radius 3 is 1.75 bits per heavy atom. The maximum atomic E-state index is 5.66. The SMILES string of the molecule is NCCC(C1CCC1)C1CCC1. The summed E-state index contributed by atoms with van der Waals surface area (Å²) in [5, 5.41) is 0. The molecule has 0 aromatic rings. The third-order valence-electron chi connectivity index (χ3n) is 4.01. The molecule has 0 amide bonds. The van der Waals surface area contributed by atoms with Gasteiger partial charge < -0.3 is 5.73 Å². The molecule has 2 aliphatic rings. The van der Waals surface area contributed by atoms with Crippen LogP contribution in [0.25, 0.3) is 0 Å². The van der Waals surface area contributed by atoms with Gasteiger partial charge in [-0.3, -0.25) is 0 Å². The zero-order chi connectivity index (χ0) is 8.39. The Kier molecular flexibility index (Phi) is 2.69. The van der Waals surface area contributed by atoms with Gasteiger partial charge in [-0.05, 0) is 30.7 Å². The Bertz CT molecular complexity index is 122. The van der Waals surface area contributed by atoms with E-state index in [9.17, 15) is 0 Å². The van der Waals surface area contributed by atoms with Gasteiger partial charge in [0.25, 0.3) is 0 Å². The highest BCUT2D eigenvalue weighted by atomic mass is 14.5. The monoisotopic (exact) mass is 167 g/mol. The summed E-state index contributed by atoms with van der Waals surface area (Å²) >= 11 is 0. The van der Waals surface area contributed by atoms with Crippen LogP contribution in [0.1, 0.15) is 44.9 Å². The minimum Gasteiger partial charge on any atom is -0.330 e. The van der Waals surface area contributed by atoms with E-state index in [1.54, 1.807) is 0 Å². The maximum absolute atomic E-state index is 5.66. The van der Waals surface area contributed by atoms with E-state index in [2.05, 4.69) is 0 Å². The first-order valence-electron chi connectivity index (χ1n) is 5.62. The van der Waals surface area contributed by atoms with Crippen molar-refractivity contribution >= 4 is 0 Å². The lowest BCUT2D eigenvalue weighted by Crippen LogP contribution is -2.33. The molecule has 0 aromatic heterocycles. The molecule has 1 heteroatoms. The van der Waals surface area contributed by atoms with E-state index in [1.807, 2.05) is 0 Å². The molecule has 1 nitrogen and oxygen atoms in total. The van der Waals surface area contributed by atoms with E-state index < -0.39 is 0 Å². The molecule has 0 atom stereocenters. The van der Waals surface area contributed by atoms with Crippen LogP contribution in [0, 0.1) is 17.8 Å². The Labute approximate surface area is 75.7 Å². The van der Waals surface area contributed by atoms with Gasteiger partial charge in [0.05, 0.1) is 0 Å². The van der Waals surface area contributed by atoms with Crippen LogP contribution < -0.4 is 5.73 Å². The molecule has 0 aromatic carbocycles. The van der Waals surface area contributed by atoms with Crippen molar-refractivity contribution in [1.29, 1.82) is 0 Å². The van der Waals surface area contributed by atoms with Gasteiger partial charge in [-0.15, -0.1) is 0 Å². The fraction of sp³-hybridized carbons (Fsp3) is 1.00. The number of hydrogen-bond donors (Lipinski definition) is 1. The second kappa shape index (κ2) is 3.78. The van der Waals surface area contributed by atoms with Crippen molar-refractivity contribution in [3.8, 4) is 0 Å². The van der Waals surface area contributed by atoms with Gasteiger partial charge in [-0.1, -0.05) is 38.5 Å². The highest BCUT2D eigenvalue weighted by molar-refractivity contribution is 4.86. The summed E-state index contributed by atoms with van der Waals surface area (Å²) < 4.78 is 0. The van der Waals surface area contributed by atoms with Gasteiger partial charge in [-0.25, -0.2) is 0 Å². The van der Waals surface area contributed by atoms with Crippen LogP contribution in [0.3, 0.4) is 0 Å². The van der Waals surface area contributed by atoms with Crippen LogP contribution in [0.4, 0.5) is 0 Å². The van der Waals surface area contributed by atoms with Gasteiger partial charge >= 0.3 is 0 Å². The third-order valence-corrected chi connectivity index (χ3v) is 4.01. The van der Waals surface area contributed by atoms with Gasteiger partial charge in [-0.2, -0.15) is 0 Å². The molecule has 2 aliphatic carbocycles. The van der Waals surface area contributed by atoms with E-state index in [1.165, 1.54) is 44.9 Å². The Morgan fingerprint density at radius 1 is 1.00 bits per heavy atom. The zero-order valence-electron chi connectivity index (χ0n) is 7.97. The summed E-state index contributed by atoms with van der Waals surface area (Å²) in [6.45, 7) is 0.914. The molecule has 0 unspecified atom stereocenters. The normalized spacial score (nSPS) is 25.5. The first kappa shape index (κ1) is 8.55. The first-order chi connectivity index (χ1) is 5.92. The lowest BCUT2D eigenvalue weighted by atomic mass is 9.63. The summed E-state index contributed by atoms with van der Waals surface area (Å²) in [6.07, 6.45) is 10.3. The Balaban J connectivity index is 1.82. The molecule has 0 heterocycles. The standard InChI is InChI=1S/C11H21N/c12-8-7-11(9-3-1-4-9)10-5-2-6-10/h9-11H,1-8,12H2. The van der Waals surface area contributed by atoms with Gasteiger partial charge in [0, 0.05) is 0 Å². The van der Waals surface area contributed by atoms with E-state index >= 15 is 0 Å². The number of hydrogen-bond acceptors (Lipinski definition) is 1. The largest absolute Gasteiger partial charge is 0.330 e. The van der Waals surface area contributed by atoms with Crippen LogP contribution in [0.2, 0.25) is 0 Å². The number of nitrogens with two attached hydrogens (primary N) is 1. The zero-order valence-corrected chi connectivity index (χ0v) is 7.97. The van der Waals surface area contributed by atoms with Crippen molar-refractivity contribution in [3.63, 3.8) is 0 Å². The van der Waals surface area contributed by atoms with Crippen molar-refractivity contribution in [2.24, 2.45) is 23.5 Å². The predicted octanol–water partition coefficient (Wildman–Crippen LogP) is 2.55. The van der Waals surface area contributed by atoms with Crippen LogP contribution in [0.5, 0.6) is 0 Å². The van der Waals surface area contributed by atoms with Crippen molar-refractivity contribution in [2.45, 2.75) is 44.9 Å². The summed E-state index contributed by atoms with van der Waals surface area (Å²) in [6, 6.07) is 0.